The summed E-state index contributed by atoms with van der Waals surface area (Å²) in [7, 11) is 1.37. The van der Waals surface area contributed by atoms with E-state index in [4.69, 9.17) is 5.11 Å². The van der Waals surface area contributed by atoms with E-state index < -0.39 is 11.5 Å². The summed E-state index contributed by atoms with van der Waals surface area (Å²) in [5.74, 6) is -1.12. The predicted octanol–water partition coefficient (Wildman–Crippen LogP) is -0.778. The van der Waals surface area contributed by atoms with Gasteiger partial charge in [0.2, 0.25) is 6.41 Å². The van der Waals surface area contributed by atoms with E-state index >= 15 is 0 Å². The third-order valence-corrected chi connectivity index (χ3v) is 1.28. The quantitative estimate of drug-likeness (QED) is 0.519. The number of hydrogen-bond donors (Lipinski definition) is 2. The number of methoxy groups -OCH3 is 1. The second kappa shape index (κ2) is 3.92. The number of carboxylic acid groups (broad SMARTS) is 1. The maximum Gasteiger partial charge on any atom is 0.331 e. The zero-order chi connectivity index (χ0) is 8.91. The van der Waals surface area contributed by atoms with Gasteiger partial charge in [-0.2, -0.15) is 0 Å². The van der Waals surface area contributed by atoms with Crippen LogP contribution in [0.2, 0.25) is 0 Å². The molecule has 0 aliphatic rings. The Kier molecular flexibility index (Phi) is 3.53. The highest BCUT2D eigenvalue weighted by Gasteiger charge is 2.32. The highest BCUT2D eigenvalue weighted by Crippen LogP contribution is 2.02. The van der Waals surface area contributed by atoms with Crippen molar-refractivity contribution in [2.45, 2.75) is 12.5 Å². The molecule has 2 N–H and O–H groups in total. The number of nitrogens with one attached hydrogen (secondary N) is 1. The van der Waals surface area contributed by atoms with Gasteiger partial charge in [-0.3, -0.25) is 4.79 Å². The molecule has 0 heterocycles. The molecule has 0 radical (unpaired) electrons. The molecule has 11 heavy (non-hydrogen) atoms. The Balaban J connectivity index is 4.24. The van der Waals surface area contributed by atoms with Crippen LogP contribution in [0.15, 0.2) is 0 Å². The maximum atomic E-state index is 10.5. The van der Waals surface area contributed by atoms with Gasteiger partial charge in [-0.05, 0) is 6.92 Å². The number of aliphatic carboxylic acids is 1. The Morgan fingerprint density at radius 2 is 2.36 bits per heavy atom. The first-order valence-corrected chi connectivity index (χ1v) is 3.00. The Hall–Kier alpha value is -1.10. The Morgan fingerprint density at radius 1 is 1.82 bits per heavy atom. The summed E-state index contributed by atoms with van der Waals surface area (Å²) in [6, 6.07) is 0. The zero-order valence-electron chi connectivity index (χ0n) is 6.46. The number of carbonyl (C=O) groups is 2. The lowest BCUT2D eigenvalue weighted by atomic mass is 10.1. The summed E-state index contributed by atoms with van der Waals surface area (Å²) >= 11 is 0. The Labute approximate surface area is 64.3 Å². The molecule has 0 aromatic carbocycles. The number of carboxylic acids is 1. The van der Waals surface area contributed by atoms with Gasteiger partial charge in [0.25, 0.3) is 0 Å². The van der Waals surface area contributed by atoms with Crippen molar-refractivity contribution in [1.82, 2.24) is 5.32 Å². The highest BCUT2D eigenvalue weighted by molar-refractivity contribution is 5.81. The highest BCUT2D eigenvalue weighted by atomic mass is 16.5. The molecule has 5 nitrogen and oxygen atoms in total. The van der Waals surface area contributed by atoms with Gasteiger partial charge in [0.05, 0.1) is 6.61 Å². The van der Waals surface area contributed by atoms with Gasteiger partial charge >= 0.3 is 5.97 Å². The summed E-state index contributed by atoms with van der Waals surface area (Å²) in [5, 5.41) is 10.7. The average Bonchev–Trinajstić information content (AvgIpc) is 1.88. The number of ether oxygens (including phenoxy) is 1. The lowest BCUT2D eigenvalue weighted by Gasteiger charge is -2.22. The third-order valence-electron chi connectivity index (χ3n) is 1.28. The molecule has 0 aromatic heterocycles. The largest absolute Gasteiger partial charge is 0.479 e. The van der Waals surface area contributed by atoms with Gasteiger partial charge in [-0.15, -0.1) is 0 Å². The van der Waals surface area contributed by atoms with E-state index in [2.05, 4.69) is 10.1 Å². The van der Waals surface area contributed by atoms with E-state index in [1.807, 2.05) is 0 Å². The minimum Gasteiger partial charge on any atom is -0.479 e. The minimum atomic E-state index is -1.32. The molecule has 0 spiro atoms. The number of amides is 1. The van der Waals surface area contributed by atoms with E-state index in [1.165, 1.54) is 14.0 Å². The number of rotatable bonds is 5. The van der Waals surface area contributed by atoms with Crippen LogP contribution >= 0.6 is 0 Å². The van der Waals surface area contributed by atoms with Gasteiger partial charge in [0, 0.05) is 7.11 Å². The van der Waals surface area contributed by atoms with E-state index in [0.717, 1.165) is 0 Å². The van der Waals surface area contributed by atoms with Crippen LogP contribution in [-0.2, 0) is 14.3 Å². The van der Waals surface area contributed by atoms with E-state index in [9.17, 15) is 9.59 Å². The molecule has 0 aliphatic carbocycles. The molecule has 0 aromatic rings. The molecule has 0 saturated carbocycles. The van der Waals surface area contributed by atoms with E-state index in [-0.39, 0.29) is 6.61 Å². The van der Waals surface area contributed by atoms with Crippen molar-refractivity contribution in [3.05, 3.63) is 0 Å². The molecule has 0 rings (SSSR count). The smallest absolute Gasteiger partial charge is 0.331 e. The van der Waals surface area contributed by atoms with Gasteiger partial charge < -0.3 is 15.2 Å². The monoisotopic (exact) mass is 161 g/mol. The fourth-order valence-corrected chi connectivity index (χ4v) is 0.584. The van der Waals surface area contributed by atoms with E-state index in [1.54, 1.807) is 0 Å². The van der Waals surface area contributed by atoms with Gasteiger partial charge in [-0.25, -0.2) is 4.79 Å². The molecule has 1 amide bonds. The van der Waals surface area contributed by atoms with Crippen LogP contribution < -0.4 is 5.32 Å². The first kappa shape index (κ1) is 9.90. The average molecular weight is 161 g/mol. The predicted molar refractivity (Wildman–Crippen MR) is 37.1 cm³/mol. The minimum absolute atomic E-state index is 0.0545. The number of hydrogen-bond acceptors (Lipinski definition) is 3. The molecule has 64 valence electrons. The molecular weight excluding hydrogens is 150 g/mol. The normalized spacial score (nSPS) is 15.1. The van der Waals surface area contributed by atoms with Crippen molar-refractivity contribution in [2.75, 3.05) is 13.7 Å². The fraction of sp³-hybridized carbons (Fsp3) is 0.667. The van der Waals surface area contributed by atoms with Crippen molar-refractivity contribution in [3.63, 3.8) is 0 Å². The topological polar surface area (TPSA) is 75.6 Å². The van der Waals surface area contributed by atoms with Crippen molar-refractivity contribution in [1.29, 1.82) is 0 Å². The molecule has 0 fully saturated rings. The summed E-state index contributed by atoms with van der Waals surface area (Å²) in [6.45, 7) is 1.31. The van der Waals surface area contributed by atoms with Crippen LogP contribution in [0.3, 0.4) is 0 Å². The van der Waals surface area contributed by atoms with Gasteiger partial charge in [0.1, 0.15) is 0 Å². The maximum absolute atomic E-state index is 10.5. The third kappa shape index (κ3) is 2.55. The molecule has 1 unspecified atom stereocenters. The molecular formula is C6H11NO4. The Morgan fingerprint density at radius 3 is 2.64 bits per heavy atom. The number of carbonyl (C=O) groups excluding carboxylic acids is 1. The molecule has 0 saturated heterocycles. The van der Waals surface area contributed by atoms with Crippen molar-refractivity contribution in [3.8, 4) is 0 Å². The fourth-order valence-electron chi connectivity index (χ4n) is 0.584. The van der Waals surface area contributed by atoms with Crippen molar-refractivity contribution >= 4 is 12.4 Å². The second-order valence-corrected chi connectivity index (χ2v) is 2.33. The van der Waals surface area contributed by atoms with Crippen molar-refractivity contribution < 1.29 is 19.4 Å². The van der Waals surface area contributed by atoms with Crippen molar-refractivity contribution in [2.24, 2.45) is 0 Å². The van der Waals surface area contributed by atoms with Crippen LogP contribution in [0.1, 0.15) is 6.92 Å². The first-order chi connectivity index (χ1) is 5.06. The Bertz CT molecular complexity index is 159. The first-order valence-electron chi connectivity index (χ1n) is 3.00. The van der Waals surface area contributed by atoms with Crippen LogP contribution in [0.4, 0.5) is 0 Å². The van der Waals surface area contributed by atoms with E-state index in [0.29, 0.717) is 6.41 Å². The molecule has 5 heteroatoms. The molecule has 0 aliphatic heterocycles. The van der Waals surface area contributed by atoms with Crippen LogP contribution in [-0.4, -0.2) is 36.7 Å². The van der Waals surface area contributed by atoms with Gasteiger partial charge in [0.15, 0.2) is 5.54 Å². The summed E-state index contributed by atoms with van der Waals surface area (Å²) in [6.07, 6.45) is 0.340. The van der Waals surface area contributed by atoms with Crippen LogP contribution in [0, 0.1) is 0 Å². The lowest BCUT2D eigenvalue weighted by Crippen LogP contribution is -2.52. The molecule has 0 bridgehead atoms. The van der Waals surface area contributed by atoms with Crippen LogP contribution in [0.5, 0.6) is 0 Å². The summed E-state index contributed by atoms with van der Waals surface area (Å²) in [4.78, 5) is 20.5. The second-order valence-electron chi connectivity index (χ2n) is 2.33. The molecule has 1 atom stereocenters. The van der Waals surface area contributed by atoms with Crippen LogP contribution in [0.25, 0.3) is 0 Å². The zero-order valence-corrected chi connectivity index (χ0v) is 6.46. The summed E-state index contributed by atoms with van der Waals surface area (Å²) < 4.78 is 4.62. The SMILES string of the molecule is COCC(C)(NC=O)C(=O)O. The lowest BCUT2D eigenvalue weighted by molar-refractivity contribution is -0.147. The van der Waals surface area contributed by atoms with Gasteiger partial charge in [-0.1, -0.05) is 0 Å². The summed E-state index contributed by atoms with van der Waals surface area (Å²) in [5.41, 5.74) is -1.32. The standard InChI is InChI=1S/C6H11NO4/c1-6(3-11-2,5(9)10)7-4-8/h4H,3H2,1-2H3,(H,7,8)(H,9,10).